The zero-order valence-electron chi connectivity index (χ0n) is 13.3. The molecular weight excluding hydrogens is 328 g/mol. The van der Waals surface area contributed by atoms with Gasteiger partial charge in [0.25, 0.3) is 5.91 Å². The van der Waals surface area contributed by atoms with E-state index in [4.69, 9.17) is 11.6 Å². The maximum atomic E-state index is 12.8. The molecule has 4 fully saturated rings. The molecule has 0 atom stereocenters. The lowest BCUT2D eigenvalue weighted by atomic mass is 9.49. The summed E-state index contributed by atoms with van der Waals surface area (Å²) in [5.41, 5.74) is 4.75. The Morgan fingerprint density at radius 1 is 1.04 bits per heavy atom. The molecule has 4 saturated carbocycles. The molecule has 1 aromatic rings. The minimum absolute atomic E-state index is 0.0494. The summed E-state index contributed by atoms with van der Waals surface area (Å²) in [6.45, 7) is 0. The third-order valence-corrected chi connectivity index (χ3v) is 6.25. The summed E-state index contributed by atoms with van der Waals surface area (Å²) in [5.74, 6) is 1.17. The molecule has 1 aromatic carbocycles. The topological polar surface area (TPSA) is 78.4 Å². The Morgan fingerprint density at radius 3 is 2.21 bits per heavy atom. The first-order valence-corrected chi connectivity index (χ1v) is 8.92. The maximum Gasteiger partial charge on any atom is 0.273 e. The number of phenolic OH excluding ortho intramolecular Hbond substituents is 1. The van der Waals surface area contributed by atoms with Crippen LogP contribution in [-0.2, 0) is 4.79 Å². The van der Waals surface area contributed by atoms with Crippen LogP contribution >= 0.6 is 11.6 Å². The SMILES string of the molecule is O=C(NNC(=O)C12CC3CC(CC(C3)C1)C2)c1cc(Cl)ccc1O. The van der Waals surface area contributed by atoms with E-state index in [2.05, 4.69) is 10.9 Å². The fourth-order valence-corrected chi connectivity index (χ4v) is 5.56. The Morgan fingerprint density at radius 2 is 1.62 bits per heavy atom. The van der Waals surface area contributed by atoms with Crippen LogP contribution < -0.4 is 10.9 Å². The molecule has 4 aliphatic rings. The van der Waals surface area contributed by atoms with Crippen molar-refractivity contribution in [3.63, 3.8) is 0 Å². The number of benzene rings is 1. The van der Waals surface area contributed by atoms with E-state index in [1.165, 1.54) is 37.5 Å². The molecule has 24 heavy (non-hydrogen) atoms. The fourth-order valence-electron chi connectivity index (χ4n) is 5.39. The number of rotatable bonds is 2. The molecule has 3 N–H and O–H groups in total. The fraction of sp³-hybridized carbons (Fsp3) is 0.556. The normalized spacial score (nSPS) is 33.3. The van der Waals surface area contributed by atoms with Crippen molar-refractivity contribution in [1.82, 2.24) is 10.9 Å². The molecule has 4 aliphatic carbocycles. The van der Waals surface area contributed by atoms with Crippen molar-refractivity contribution in [3.05, 3.63) is 28.8 Å². The van der Waals surface area contributed by atoms with Gasteiger partial charge in [0.2, 0.25) is 5.91 Å². The van der Waals surface area contributed by atoms with Crippen molar-refractivity contribution in [2.45, 2.75) is 38.5 Å². The first-order chi connectivity index (χ1) is 11.4. The summed E-state index contributed by atoms with van der Waals surface area (Å²) in [6, 6.07) is 4.24. The lowest BCUT2D eigenvalue weighted by Crippen LogP contribution is -2.56. The first kappa shape index (κ1) is 15.8. The summed E-state index contributed by atoms with van der Waals surface area (Å²) in [5, 5.41) is 10.1. The van der Waals surface area contributed by atoms with E-state index in [1.54, 1.807) is 0 Å². The minimum atomic E-state index is -0.562. The Bertz CT molecular complexity index is 668. The Kier molecular flexibility index (Phi) is 3.71. The molecule has 5 nitrogen and oxygen atoms in total. The van der Waals surface area contributed by atoms with Crippen LogP contribution in [-0.4, -0.2) is 16.9 Å². The van der Waals surface area contributed by atoms with Gasteiger partial charge in [-0.3, -0.25) is 20.4 Å². The summed E-state index contributed by atoms with van der Waals surface area (Å²) in [7, 11) is 0. The number of aromatic hydroxyl groups is 1. The summed E-state index contributed by atoms with van der Waals surface area (Å²) in [4.78, 5) is 25.0. The number of hydrazine groups is 1. The molecule has 5 rings (SSSR count). The molecule has 0 unspecified atom stereocenters. The van der Waals surface area contributed by atoms with E-state index in [1.807, 2.05) is 0 Å². The first-order valence-electron chi connectivity index (χ1n) is 8.54. The van der Waals surface area contributed by atoms with Crippen LogP contribution in [0.3, 0.4) is 0 Å². The standard InChI is InChI=1S/C18H21ClN2O3/c19-13-1-2-15(22)14(6-13)16(23)20-21-17(24)18-7-10-3-11(8-18)5-12(4-10)9-18/h1-2,6,10-12,22H,3-5,7-9H2,(H,20,23)(H,21,24). The van der Waals surface area contributed by atoms with E-state index in [-0.39, 0.29) is 22.6 Å². The highest BCUT2D eigenvalue weighted by Gasteiger charge is 2.54. The van der Waals surface area contributed by atoms with Crippen LogP contribution in [0.4, 0.5) is 0 Å². The molecule has 6 heteroatoms. The van der Waals surface area contributed by atoms with Gasteiger partial charge in [0.05, 0.1) is 11.0 Å². The maximum absolute atomic E-state index is 12.8. The van der Waals surface area contributed by atoms with Gasteiger partial charge in [0.15, 0.2) is 0 Å². The second kappa shape index (κ2) is 5.66. The number of carbonyl (C=O) groups is 2. The highest BCUT2D eigenvalue weighted by molar-refractivity contribution is 6.31. The average Bonchev–Trinajstić information content (AvgIpc) is 2.53. The van der Waals surface area contributed by atoms with Crippen molar-refractivity contribution < 1.29 is 14.7 Å². The Balaban J connectivity index is 1.43. The minimum Gasteiger partial charge on any atom is -0.507 e. The van der Waals surface area contributed by atoms with Gasteiger partial charge >= 0.3 is 0 Å². The highest BCUT2D eigenvalue weighted by Crippen LogP contribution is 2.60. The molecule has 0 spiro atoms. The van der Waals surface area contributed by atoms with E-state index < -0.39 is 5.91 Å². The largest absolute Gasteiger partial charge is 0.507 e. The molecular formula is C18H21ClN2O3. The van der Waals surface area contributed by atoms with E-state index in [9.17, 15) is 14.7 Å². The second-order valence-electron chi connectivity index (χ2n) is 7.77. The predicted molar refractivity (Wildman–Crippen MR) is 89.3 cm³/mol. The van der Waals surface area contributed by atoms with Gasteiger partial charge < -0.3 is 5.11 Å². The van der Waals surface area contributed by atoms with E-state index >= 15 is 0 Å². The van der Waals surface area contributed by atoms with Crippen LogP contribution in [0.5, 0.6) is 5.75 Å². The smallest absolute Gasteiger partial charge is 0.273 e. The molecule has 128 valence electrons. The predicted octanol–water partition coefficient (Wildman–Crippen LogP) is 3.02. The van der Waals surface area contributed by atoms with Gasteiger partial charge in [-0.05, 0) is 74.5 Å². The molecule has 0 radical (unpaired) electrons. The number of hydrogen-bond acceptors (Lipinski definition) is 3. The average molecular weight is 349 g/mol. The number of nitrogens with one attached hydrogen (secondary N) is 2. The zero-order valence-corrected chi connectivity index (χ0v) is 14.1. The van der Waals surface area contributed by atoms with Crippen molar-refractivity contribution in [3.8, 4) is 5.75 Å². The molecule has 0 heterocycles. The summed E-state index contributed by atoms with van der Waals surface area (Å²) >= 11 is 5.86. The van der Waals surface area contributed by atoms with Crippen LogP contribution in [0, 0.1) is 23.2 Å². The van der Waals surface area contributed by atoms with Gasteiger partial charge in [-0.25, -0.2) is 0 Å². The van der Waals surface area contributed by atoms with Crippen molar-refractivity contribution in [1.29, 1.82) is 0 Å². The van der Waals surface area contributed by atoms with Crippen LogP contribution in [0.25, 0.3) is 0 Å². The van der Waals surface area contributed by atoms with Gasteiger partial charge in [-0.1, -0.05) is 11.6 Å². The van der Waals surface area contributed by atoms with E-state index in [0.29, 0.717) is 22.8 Å². The third-order valence-electron chi connectivity index (χ3n) is 6.01. The molecule has 0 saturated heterocycles. The second-order valence-corrected chi connectivity index (χ2v) is 8.20. The summed E-state index contributed by atoms with van der Waals surface area (Å²) < 4.78 is 0. The monoisotopic (exact) mass is 348 g/mol. The van der Waals surface area contributed by atoms with Crippen LogP contribution in [0.1, 0.15) is 48.9 Å². The lowest BCUT2D eigenvalue weighted by molar-refractivity contribution is -0.147. The molecule has 2 amide bonds. The number of phenols is 1. The Labute approximate surface area is 145 Å². The van der Waals surface area contributed by atoms with Crippen molar-refractivity contribution >= 4 is 23.4 Å². The van der Waals surface area contributed by atoms with E-state index in [0.717, 1.165) is 19.3 Å². The van der Waals surface area contributed by atoms with Crippen LogP contribution in [0.15, 0.2) is 18.2 Å². The van der Waals surface area contributed by atoms with Crippen LogP contribution in [0.2, 0.25) is 5.02 Å². The molecule has 0 aliphatic heterocycles. The van der Waals surface area contributed by atoms with Crippen molar-refractivity contribution in [2.24, 2.45) is 23.2 Å². The number of halogens is 1. The van der Waals surface area contributed by atoms with Gasteiger partial charge in [-0.2, -0.15) is 0 Å². The van der Waals surface area contributed by atoms with Gasteiger partial charge in [-0.15, -0.1) is 0 Å². The third kappa shape index (κ3) is 2.65. The highest BCUT2D eigenvalue weighted by atomic mass is 35.5. The summed E-state index contributed by atoms with van der Waals surface area (Å²) in [6.07, 6.45) is 6.58. The molecule has 4 bridgehead atoms. The van der Waals surface area contributed by atoms with Gasteiger partial charge in [0.1, 0.15) is 5.75 Å². The quantitative estimate of drug-likeness (QED) is 0.719. The van der Waals surface area contributed by atoms with Gasteiger partial charge in [0, 0.05) is 5.02 Å². The lowest BCUT2D eigenvalue weighted by Gasteiger charge is -2.55. The number of amides is 2. The number of hydrogen-bond donors (Lipinski definition) is 3. The molecule has 0 aromatic heterocycles. The zero-order chi connectivity index (χ0) is 16.9. The Hall–Kier alpha value is -1.75. The number of carbonyl (C=O) groups excluding carboxylic acids is 2. The van der Waals surface area contributed by atoms with Crippen molar-refractivity contribution in [2.75, 3.05) is 0 Å².